The smallest absolute Gasteiger partial charge is 0.262 e. The van der Waals surface area contributed by atoms with Crippen LogP contribution in [0.25, 0.3) is 0 Å². The van der Waals surface area contributed by atoms with Crippen LogP contribution in [-0.2, 0) is 21.8 Å². The number of ether oxygens (including phenoxy) is 1. The molecule has 4 rings (SSSR count). The monoisotopic (exact) mass is 371 g/mol. The zero-order valence-electron chi connectivity index (χ0n) is 14.1. The lowest BCUT2D eigenvalue weighted by molar-refractivity contribution is 0.0303. The zero-order valence-corrected chi connectivity index (χ0v) is 15.7. The Morgan fingerprint density at radius 3 is 2.79 bits per heavy atom. The molecule has 1 saturated carbocycles. The van der Waals surface area contributed by atoms with Crippen molar-refractivity contribution in [3.8, 4) is 0 Å². The maximum absolute atomic E-state index is 12.6. The van der Waals surface area contributed by atoms with Crippen molar-refractivity contribution in [2.45, 2.75) is 48.0 Å². The molecule has 6 nitrogen and oxygen atoms in total. The van der Waals surface area contributed by atoms with E-state index in [0.717, 1.165) is 24.7 Å². The lowest BCUT2D eigenvalue weighted by Crippen LogP contribution is -2.60. The molecule has 0 aromatic carbocycles. The second-order valence-corrected chi connectivity index (χ2v) is 10.8. The minimum Gasteiger partial charge on any atom is -0.377 e. The van der Waals surface area contributed by atoms with Gasteiger partial charge < -0.3 is 9.30 Å². The first-order valence-corrected chi connectivity index (χ1v) is 11.1. The van der Waals surface area contributed by atoms with E-state index in [9.17, 15) is 8.42 Å². The van der Waals surface area contributed by atoms with Crippen molar-refractivity contribution in [1.82, 2.24) is 13.9 Å². The summed E-state index contributed by atoms with van der Waals surface area (Å²) in [5, 5.41) is 0.150. The van der Waals surface area contributed by atoms with Gasteiger partial charge in [-0.05, 0) is 25.2 Å². The predicted octanol–water partition coefficient (Wildman–Crippen LogP) is 1.88. The van der Waals surface area contributed by atoms with Crippen LogP contribution in [0.1, 0.15) is 32.1 Å². The van der Waals surface area contributed by atoms with E-state index in [1.807, 2.05) is 11.8 Å². The fraction of sp³-hybridized carbons (Fsp3) is 0.812. The van der Waals surface area contributed by atoms with Crippen LogP contribution in [0.15, 0.2) is 17.6 Å². The second kappa shape index (κ2) is 6.30. The molecule has 1 atom stereocenters. The van der Waals surface area contributed by atoms with Gasteiger partial charge in [-0.3, -0.25) is 0 Å². The number of sulfonamides is 1. The molecular weight excluding hydrogens is 346 g/mol. The van der Waals surface area contributed by atoms with Crippen molar-refractivity contribution in [2.24, 2.45) is 13.0 Å². The van der Waals surface area contributed by atoms with E-state index >= 15 is 0 Å². The molecule has 3 heterocycles. The van der Waals surface area contributed by atoms with Crippen LogP contribution in [0.4, 0.5) is 0 Å². The van der Waals surface area contributed by atoms with Crippen LogP contribution in [0.2, 0.25) is 0 Å². The van der Waals surface area contributed by atoms with Crippen molar-refractivity contribution in [3.05, 3.63) is 12.5 Å². The molecule has 0 amide bonds. The van der Waals surface area contributed by atoms with E-state index in [1.165, 1.54) is 32.0 Å². The first-order valence-electron chi connectivity index (χ1n) is 8.71. The van der Waals surface area contributed by atoms with Crippen LogP contribution in [0.3, 0.4) is 0 Å². The number of rotatable bonds is 5. The van der Waals surface area contributed by atoms with Crippen LogP contribution in [-0.4, -0.2) is 58.6 Å². The molecule has 3 aliphatic rings. The van der Waals surface area contributed by atoms with Gasteiger partial charge in [0.2, 0.25) is 0 Å². The number of hydrogen-bond acceptors (Lipinski definition) is 5. The van der Waals surface area contributed by atoms with Gasteiger partial charge in [0.05, 0.1) is 12.4 Å². The molecule has 0 bridgehead atoms. The summed E-state index contributed by atoms with van der Waals surface area (Å²) in [5.74, 6) is 1.73. The minimum absolute atomic E-state index is 0.0577. The van der Waals surface area contributed by atoms with Gasteiger partial charge >= 0.3 is 0 Å². The highest BCUT2D eigenvalue weighted by molar-refractivity contribution is 8.01. The van der Waals surface area contributed by atoms with Crippen LogP contribution in [0, 0.1) is 5.92 Å². The Bertz CT molecular complexity index is 691. The van der Waals surface area contributed by atoms with E-state index in [1.54, 1.807) is 22.1 Å². The predicted molar refractivity (Wildman–Crippen MR) is 93.5 cm³/mol. The van der Waals surface area contributed by atoms with Gasteiger partial charge in [0.25, 0.3) is 10.0 Å². The highest BCUT2D eigenvalue weighted by Gasteiger charge is 2.53. The van der Waals surface area contributed by atoms with Gasteiger partial charge in [-0.2, -0.15) is 4.31 Å². The minimum atomic E-state index is -3.44. The van der Waals surface area contributed by atoms with Crippen molar-refractivity contribution in [3.63, 3.8) is 0 Å². The van der Waals surface area contributed by atoms with E-state index in [-0.39, 0.29) is 15.9 Å². The van der Waals surface area contributed by atoms with E-state index < -0.39 is 10.0 Å². The number of aromatic nitrogens is 2. The molecule has 3 fully saturated rings. The first-order chi connectivity index (χ1) is 11.5. The lowest BCUT2D eigenvalue weighted by Gasteiger charge is -2.45. The van der Waals surface area contributed by atoms with Gasteiger partial charge in [-0.1, -0.05) is 12.8 Å². The van der Waals surface area contributed by atoms with E-state index in [2.05, 4.69) is 4.98 Å². The SMILES string of the molecule is Cn1cnc(S(=O)(=O)N2CC3(CC(OCC4CCCC4)CS3)C2)c1. The van der Waals surface area contributed by atoms with Gasteiger partial charge in [0, 0.05) is 43.4 Å². The van der Waals surface area contributed by atoms with Crippen molar-refractivity contribution in [2.75, 3.05) is 25.4 Å². The number of hydrogen-bond donors (Lipinski definition) is 0. The van der Waals surface area contributed by atoms with Gasteiger partial charge in [-0.15, -0.1) is 11.8 Å². The Hall–Kier alpha value is -0.570. The van der Waals surface area contributed by atoms with Gasteiger partial charge in [0.15, 0.2) is 5.03 Å². The summed E-state index contributed by atoms with van der Waals surface area (Å²) in [4.78, 5) is 4.00. The molecule has 134 valence electrons. The third-order valence-corrected chi connectivity index (χ3v) is 8.69. The second-order valence-electron chi connectivity index (χ2n) is 7.45. The number of nitrogens with zero attached hydrogens (tertiary/aromatic N) is 3. The third kappa shape index (κ3) is 3.13. The average molecular weight is 372 g/mol. The molecule has 1 aromatic rings. The molecule has 8 heteroatoms. The molecule has 0 radical (unpaired) electrons. The Balaban J connectivity index is 1.30. The normalized spacial score (nSPS) is 27.8. The molecule has 24 heavy (non-hydrogen) atoms. The molecule has 2 aliphatic heterocycles. The number of aryl methyl sites for hydroxylation is 1. The average Bonchev–Trinajstić information content (AvgIpc) is 3.23. The Morgan fingerprint density at radius 1 is 1.38 bits per heavy atom. The van der Waals surface area contributed by atoms with E-state index in [0.29, 0.717) is 13.1 Å². The Labute approximate surface area is 148 Å². The van der Waals surface area contributed by atoms with Gasteiger partial charge in [-0.25, -0.2) is 13.4 Å². The maximum atomic E-state index is 12.6. The topological polar surface area (TPSA) is 64.4 Å². The van der Waals surface area contributed by atoms with Gasteiger partial charge in [0.1, 0.15) is 0 Å². The van der Waals surface area contributed by atoms with Crippen molar-refractivity contribution < 1.29 is 13.2 Å². The molecule has 0 N–H and O–H groups in total. The van der Waals surface area contributed by atoms with Crippen molar-refractivity contribution in [1.29, 1.82) is 0 Å². The number of imidazole rings is 1. The summed E-state index contributed by atoms with van der Waals surface area (Å²) in [6.07, 6.45) is 9.65. The molecule has 1 aromatic heterocycles. The lowest BCUT2D eigenvalue weighted by atomic mass is 9.95. The number of thioether (sulfide) groups is 1. The van der Waals surface area contributed by atoms with Crippen molar-refractivity contribution >= 4 is 21.8 Å². The molecule has 1 unspecified atom stereocenters. The molecule has 1 spiro atoms. The summed E-state index contributed by atoms with van der Waals surface area (Å²) in [5.41, 5.74) is 0. The quantitative estimate of drug-likeness (QED) is 0.791. The Kier molecular flexibility index (Phi) is 4.43. The zero-order chi connectivity index (χ0) is 16.8. The molecular formula is C16H25N3O3S2. The Morgan fingerprint density at radius 2 is 2.12 bits per heavy atom. The molecule has 2 saturated heterocycles. The summed E-state index contributed by atoms with van der Waals surface area (Å²) < 4.78 is 34.5. The summed E-state index contributed by atoms with van der Waals surface area (Å²) >= 11 is 1.89. The summed E-state index contributed by atoms with van der Waals surface area (Å²) in [6, 6.07) is 0. The summed E-state index contributed by atoms with van der Waals surface area (Å²) in [7, 11) is -1.66. The fourth-order valence-corrected chi connectivity index (χ4v) is 7.29. The maximum Gasteiger partial charge on any atom is 0.262 e. The van der Waals surface area contributed by atoms with Crippen LogP contribution in [0.5, 0.6) is 0 Å². The fourth-order valence-electron chi connectivity index (χ4n) is 4.00. The highest BCUT2D eigenvalue weighted by Crippen LogP contribution is 2.47. The summed E-state index contributed by atoms with van der Waals surface area (Å²) in [6.45, 7) is 2.05. The third-order valence-electron chi connectivity index (χ3n) is 5.43. The largest absolute Gasteiger partial charge is 0.377 e. The molecule has 1 aliphatic carbocycles. The standard InChI is InChI=1S/C16H25N3O3S2/c1-18-7-15(17-12-18)24(20,21)19-10-16(11-19)6-14(9-23-16)22-8-13-4-2-3-5-13/h7,12-14H,2-6,8-11H2,1H3. The van der Waals surface area contributed by atoms with E-state index in [4.69, 9.17) is 4.74 Å². The first kappa shape index (κ1) is 16.9. The highest BCUT2D eigenvalue weighted by atomic mass is 32.2. The van der Waals surface area contributed by atoms with Crippen LogP contribution < -0.4 is 0 Å². The van der Waals surface area contributed by atoms with Crippen LogP contribution >= 0.6 is 11.8 Å².